The highest BCUT2D eigenvalue weighted by Crippen LogP contribution is 2.26. The van der Waals surface area contributed by atoms with E-state index in [1.807, 2.05) is 12.1 Å². The number of halogens is 1. The third-order valence-corrected chi connectivity index (χ3v) is 5.72. The van der Waals surface area contributed by atoms with E-state index in [0.717, 1.165) is 24.4 Å². The highest BCUT2D eigenvalue weighted by molar-refractivity contribution is 14.0. The largest absolute Gasteiger partial charge is 0.461 e. The van der Waals surface area contributed by atoms with Crippen molar-refractivity contribution in [1.29, 1.82) is 0 Å². The number of nitrogens with zero attached hydrogens (tertiary/aromatic N) is 4. The van der Waals surface area contributed by atoms with Gasteiger partial charge >= 0.3 is 0 Å². The molecular weight excluding hydrogens is 481 g/mol. The van der Waals surface area contributed by atoms with Crippen LogP contribution in [0.25, 0.3) is 11.6 Å². The van der Waals surface area contributed by atoms with Crippen LogP contribution in [0.1, 0.15) is 51.3 Å². The number of guanidine groups is 1. The van der Waals surface area contributed by atoms with Crippen molar-refractivity contribution in [2.24, 2.45) is 4.99 Å². The molecule has 2 aromatic heterocycles. The molecule has 0 unspecified atom stereocenters. The van der Waals surface area contributed by atoms with E-state index in [0.29, 0.717) is 24.2 Å². The zero-order valence-corrected chi connectivity index (χ0v) is 19.4. The molecule has 0 atom stereocenters. The van der Waals surface area contributed by atoms with E-state index >= 15 is 0 Å². The molecule has 2 aromatic rings. The van der Waals surface area contributed by atoms with Gasteiger partial charge in [-0.1, -0.05) is 12.8 Å². The maximum absolute atomic E-state index is 5.33. The quantitative estimate of drug-likeness (QED) is 0.312. The summed E-state index contributed by atoms with van der Waals surface area (Å²) in [5.41, 5.74) is 0. The fourth-order valence-corrected chi connectivity index (χ4v) is 4.23. The van der Waals surface area contributed by atoms with Gasteiger partial charge in [-0.25, -0.2) is 9.98 Å². The summed E-state index contributed by atoms with van der Waals surface area (Å²) in [5.74, 6) is 2.79. The second kappa shape index (κ2) is 11.0. The number of nitrogens with one attached hydrogen (secondary N) is 3. The van der Waals surface area contributed by atoms with Gasteiger partial charge in [0.15, 0.2) is 11.7 Å². The molecule has 0 spiro atoms. The van der Waals surface area contributed by atoms with Crippen LogP contribution >= 0.6 is 24.0 Å². The van der Waals surface area contributed by atoms with Crippen LogP contribution in [0.2, 0.25) is 0 Å². The van der Waals surface area contributed by atoms with Crippen LogP contribution in [0.15, 0.2) is 27.8 Å². The Balaban J connectivity index is 0.00000240. The molecule has 2 aliphatic rings. The van der Waals surface area contributed by atoms with Gasteiger partial charge < -0.3 is 20.0 Å². The zero-order valence-electron chi connectivity index (χ0n) is 17.1. The van der Waals surface area contributed by atoms with Gasteiger partial charge in [-0.2, -0.15) is 0 Å². The van der Waals surface area contributed by atoms with Crippen molar-refractivity contribution in [3.8, 4) is 11.6 Å². The Morgan fingerprint density at radius 1 is 1.28 bits per heavy atom. The van der Waals surface area contributed by atoms with Crippen molar-refractivity contribution in [2.45, 2.75) is 64.1 Å². The number of rotatable bonds is 6. The average molecular weight is 513 g/mol. The Hall–Kier alpha value is -1.62. The molecule has 3 heterocycles. The van der Waals surface area contributed by atoms with Crippen LogP contribution in [0, 0.1) is 0 Å². The summed E-state index contributed by atoms with van der Waals surface area (Å²) in [6.45, 7) is 5.75. The van der Waals surface area contributed by atoms with E-state index in [4.69, 9.17) is 4.42 Å². The third-order valence-electron chi connectivity index (χ3n) is 5.72. The van der Waals surface area contributed by atoms with Crippen molar-refractivity contribution in [1.82, 2.24) is 30.7 Å². The highest BCUT2D eigenvalue weighted by Gasteiger charge is 2.27. The maximum Gasteiger partial charge on any atom is 0.216 e. The minimum absolute atomic E-state index is 0. The monoisotopic (exact) mass is 513 g/mol. The number of H-pyrrole nitrogens is 1. The number of hydrogen-bond donors (Lipinski definition) is 3. The van der Waals surface area contributed by atoms with Crippen molar-refractivity contribution in [3.63, 3.8) is 0 Å². The summed E-state index contributed by atoms with van der Waals surface area (Å²) >= 11 is 0. The van der Waals surface area contributed by atoms with Gasteiger partial charge in [0, 0.05) is 31.7 Å². The standard InChI is InChI=1S/C20H31N7O.HI/c1-2-21-20(22-14-18-24-19(26-25-18)17-8-5-13-28-17)23-15-9-11-27(12-10-15)16-6-3-4-7-16;/h5,8,13,15-16H,2-4,6-7,9-12,14H2,1H3,(H2,21,22,23)(H,24,25,26);1H. The summed E-state index contributed by atoms with van der Waals surface area (Å²) in [6.07, 6.45) is 9.55. The zero-order chi connectivity index (χ0) is 19.2. The smallest absolute Gasteiger partial charge is 0.216 e. The number of aromatic amines is 1. The van der Waals surface area contributed by atoms with Crippen LogP contribution in [0.5, 0.6) is 0 Å². The number of furan rings is 1. The van der Waals surface area contributed by atoms with Crippen LogP contribution in [-0.2, 0) is 6.54 Å². The van der Waals surface area contributed by atoms with Gasteiger partial charge in [0.1, 0.15) is 12.4 Å². The molecule has 8 nitrogen and oxygen atoms in total. The average Bonchev–Trinajstić information content (AvgIpc) is 3.49. The van der Waals surface area contributed by atoms with Gasteiger partial charge in [-0.3, -0.25) is 5.10 Å². The highest BCUT2D eigenvalue weighted by atomic mass is 127. The Labute approximate surface area is 189 Å². The molecule has 1 aliphatic carbocycles. The van der Waals surface area contributed by atoms with Crippen LogP contribution in [0.4, 0.5) is 0 Å². The second-order valence-corrected chi connectivity index (χ2v) is 7.67. The first-order valence-corrected chi connectivity index (χ1v) is 10.6. The van der Waals surface area contributed by atoms with Crippen molar-refractivity contribution in [3.05, 3.63) is 24.2 Å². The molecular formula is C20H32IN7O. The molecule has 4 rings (SSSR count). The first kappa shape index (κ1) is 22.1. The molecule has 29 heavy (non-hydrogen) atoms. The Kier molecular flexibility index (Phi) is 8.34. The first-order chi connectivity index (χ1) is 13.8. The van der Waals surface area contributed by atoms with E-state index < -0.39 is 0 Å². The fraction of sp³-hybridized carbons (Fsp3) is 0.650. The lowest BCUT2D eigenvalue weighted by atomic mass is 10.0. The SMILES string of the molecule is CCNC(=NCc1nc(-c2ccco2)n[nH]1)NC1CCN(C2CCCC2)CC1.I. The van der Waals surface area contributed by atoms with Gasteiger partial charge in [0.25, 0.3) is 0 Å². The molecule has 0 bridgehead atoms. The van der Waals surface area contributed by atoms with E-state index in [1.165, 1.54) is 51.6 Å². The third kappa shape index (κ3) is 5.94. The van der Waals surface area contributed by atoms with Crippen molar-refractivity contribution in [2.75, 3.05) is 19.6 Å². The van der Waals surface area contributed by atoms with Gasteiger partial charge in [0.05, 0.1) is 6.26 Å². The molecule has 9 heteroatoms. The minimum Gasteiger partial charge on any atom is -0.461 e. The Morgan fingerprint density at radius 2 is 2.07 bits per heavy atom. The molecule has 3 N–H and O–H groups in total. The van der Waals surface area contributed by atoms with Crippen LogP contribution in [0.3, 0.4) is 0 Å². The molecule has 0 aromatic carbocycles. The van der Waals surface area contributed by atoms with E-state index in [9.17, 15) is 0 Å². The lowest BCUT2D eigenvalue weighted by molar-refractivity contribution is 0.150. The minimum atomic E-state index is 0. The summed E-state index contributed by atoms with van der Waals surface area (Å²) in [6, 6.07) is 4.98. The normalized spacial score (nSPS) is 19.3. The Morgan fingerprint density at radius 3 is 2.76 bits per heavy atom. The maximum atomic E-state index is 5.33. The molecule has 0 amide bonds. The van der Waals surface area contributed by atoms with E-state index in [2.05, 4.69) is 42.6 Å². The van der Waals surface area contributed by atoms with Crippen LogP contribution in [-0.4, -0.2) is 57.8 Å². The van der Waals surface area contributed by atoms with Crippen molar-refractivity contribution < 1.29 is 4.42 Å². The number of aliphatic imine (C=N–C) groups is 1. The summed E-state index contributed by atoms with van der Waals surface area (Å²) in [4.78, 5) is 11.8. The predicted molar refractivity (Wildman–Crippen MR) is 124 cm³/mol. The molecule has 2 fully saturated rings. The molecule has 0 radical (unpaired) electrons. The van der Waals surface area contributed by atoms with Gasteiger partial charge in [-0.05, 0) is 44.7 Å². The molecule has 1 aliphatic heterocycles. The summed E-state index contributed by atoms with van der Waals surface area (Å²) in [5, 5.41) is 14.1. The van der Waals surface area contributed by atoms with E-state index in [-0.39, 0.29) is 24.0 Å². The molecule has 1 saturated carbocycles. The Bertz CT molecular complexity index is 747. The predicted octanol–water partition coefficient (Wildman–Crippen LogP) is 3.14. The molecule has 1 saturated heterocycles. The van der Waals surface area contributed by atoms with Crippen LogP contribution < -0.4 is 10.6 Å². The number of piperidine rings is 1. The molecule has 160 valence electrons. The number of hydrogen-bond acceptors (Lipinski definition) is 5. The second-order valence-electron chi connectivity index (χ2n) is 7.67. The lowest BCUT2D eigenvalue weighted by Gasteiger charge is -2.36. The van der Waals surface area contributed by atoms with Gasteiger partial charge in [0.2, 0.25) is 5.82 Å². The van der Waals surface area contributed by atoms with Gasteiger partial charge in [-0.15, -0.1) is 29.1 Å². The number of aromatic nitrogens is 3. The lowest BCUT2D eigenvalue weighted by Crippen LogP contribution is -2.50. The van der Waals surface area contributed by atoms with E-state index in [1.54, 1.807) is 6.26 Å². The first-order valence-electron chi connectivity index (χ1n) is 10.6. The topological polar surface area (TPSA) is 94.4 Å². The number of likely N-dealkylation sites (tertiary alicyclic amines) is 1. The summed E-state index contributed by atoms with van der Waals surface area (Å²) in [7, 11) is 0. The summed E-state index contributed by atoms with van der Waals surface area (Å²) < 4.78 is 5.33. The fourth-order valence-electron chi connectivity index (χ4n) is 4.23. The van der Waals surface area contributed by atoms with Crippen molar-refractivity contribution >= 4 is 29.9 Å².